The SMILES string of the molecule is NCC(OCC(F)F)c1ccc(Cl)cc1. The molecule has 0 aliphatic rings. The fourth-order valence-electron chi connectivity index (χ4n) is 1.17. The van der Waals surface area contributed by atoms with Crippen molar-refractivity contribution in [2.45, 2.75) is 12.5 Å². The van der Waals surface area contributed by atoms with Crippen molar-refractivity contribution in [2.24, 2.45) is 5.73 Å². The van der Waals surface area contributed by atoms with Crippen LogP contribution in [0, 0.1) is 0 Å². The van der Waals surface area contributed by atoms with E-state index in [1.807, 2.05) is 0 Å². The van der Waals surface area contributed by atoms with Crippen LogP contribution in [0.4, 0.5) is 8.78 Å². The molecule has 0 radical (unpaired) electrons. The van der Waals surface area contributed by atoms with Crippen LogP contribution in [0.5, 0.6) is 0 Å². The van der Waals surface area contributed by atoms with E-state index in [2.05, 4.69) is 0 Å². The Bertz CT molecular complexity index is 292. The molecule has 5 heteroatoms. The van der Waals surface area contributed by atoms with E-state index in [9.17, 15) is 8.78 Å². The van der Waals surface area contributed by atoms with Crippen LogP contribution in [0.15, 0.2) is 24.3 Å². The Labute approximate surface area is 92.0 Å². The Hall–Kier alpha value is -0.710. The van der Waals surface area contributed by atoms with E-state index in [4.69, 9.17) is 22.1 Å². The molecule has 15 heavy (non-hydrogen) atoms. The van der Waals surface area contributed by atoms with Gasteiger partial charge >= 0.3 is 0 Å². The minimum atomic E-state index is -2.48. The molecule has 0 aliphatic carbocycles. The highest BCUT2D eigenvalue weighted by Crippen LogP contribution is 2.19. The molecule has 0 saturated heterocycles. The summed E-state index contributed by atoms with van der Waals surface area (Å²) in [6.07, 6.45) is -2.98. The maximum absolute atomic E-state index is 11.9. The third-order valence-corrected chi connectivity index (χ3v) is 2.13. The molecule has 0 fully saturated rings. The normalized spacial score (nSPS) is 13.1. The zero-order valence-electron chi connectivity index (χ0n) is 8.00. The predicted octanol–water partition coefficient (Wildman–Crippen LogP) is 2.62. The summed E-state index contributed by atoms with van der Waals surface area (Å²) in [5.74, 6) is 0. The number of hydrogen-bond acceptors (Lipinski definition) is 2. The minimum absolute atomic E-state index is 0.161. The van der Waals surface area contributed by atoms with Crippen LogP contribution < -0.4 is 5.73 Å². The molecular formula is C10H12ClF2NO. The number of benzene rings is 1. The van der Waals surface area contributed by atoms with Crippen LogP contribution in [0.2, 0.25) is 5.02 Å². The number of alkyl halides is 2. The molecule has 1 unspecified atom stereocenters. The van der Waals surface area contributed by atoms with Crippen LogP contribution >= 0.6 is 11.6 Å². The summed E-state index contributed by atoms with van der Waals surface area (Å²) in [6, 6.07) is 6.77. The standard InChI is InChI=1S/C10H12ClF2NO/c11-8-3-1-7(2-4-8)9(5-14)15-6-10(12)13/h1-4,9-10H,5-6,14H2. The first-order chi connectivity index (χ1) is 7.13. The monoisotopic (exact) mass is 235 g/mol. The van der Waals surface area contributed by atoms with Gasteiger partial charge in [0.2, 0.25) is 0 Å². The first kappa shape index (κ1) is 12.4. The summed E-state index contributed by atoms with van der Waals surface area (Å²) in [7, 11) is 0. The zero-order valence-corrected chi connectivity index (χ0v) is 8.75. The van der Waals surface area contributed by atoms with Gasteiger partial charge in [0.15, 0.2) is 0 Å². The Morgan fingerprint density at radius 1 is 1.27 bits per heavy atom. The van der Waals surface area contributed by atoms with Crippen LogP contribution in [-0.4, -0.2) is 19.6 Å². The van der Waals surface area contributed by atoms with Gasteiger partial charge in [-0.05, 0) is 17.7 Å². The van der Waals surface area contributed by atoms with Gasteiger partial charge in [-0.3, -0.25) is 0 Å². The molecule has 1 rings (SSSR count). The quantitative estimate of drug-likeness (QED) is 0.852. The van der Waals surface area contributed by atoms with Gasteiger partial charge in [-0.1, -0.05) is 23.7 Å². The average molecular weight is 236 g/mol. The van der Waals surface area contributed by atoms with E-state index in [0.29, 0.717) is 5.02 Å². The molecule has 0 aromatic heterocycles. The largest absolute Gasteiger partial charge is 0.366 e. The van der Waals surface area contributed by atoms with Crippen molar-refractivity contribution in [2.75, 3.05) is 13.2 Å². The highest BCUT2D eigenvalue weighted by Gasteiger charge is 2.12. The molecule has 0 spiro atoms. The van der Waals surface area contributed by atoms with E-state index in [1.54, 1.807) is 24.3 Å². The second kappa shape index (κ2) is 6.00. The molecule has 84 valence electrons. The molecule has 0 saturated carbocycles. The van der Waals surface area contributed by atoms with Crippen LogP contribution in [-0.2, 0) is 4.74 Å². The van der Waals surface area contributed by atoms with Crippen molar-refractivity contribution in [3.05, 3.63) is 34.9 Å². The second-order valence-corrected chi connectivity index (χ2v) is 3.44. The zero-order chi connectivity index (χ0) is 11.3. The molecule has 1 aromatic rings. The summed E-state index contributed by atoms with van der Waals surface area (Å²) in [5.41, 5.74) is 6.18. The number of rotatable bonds is 5. The maximum Gasteiger partial charge on any atom is 0.261 e. The minimum Gasteiger partial charge on any atom is -0.366 e. The predicted molar refractivity (Wildman–Crippen MR) is 55.2 cm³/mol. The van der Waals surface area contributed by atoms with E-state index in [1.165, 1.54) is 0 Å². The summed E-state index contributed by atoms with van der Waals surface area (Å²) >= 11 is 5.69. The Balaban J connectivity index is 2.61. The molecule has 1 atom stereocenters. The lowest BCUT2D eigenvalue weighted by Crippen LogP contribution is -2.18. The van der Waals surface area contributed by atoms with Crippen molar-refractivity contribution in [1.29, 1.82) is 0 Å². The lowest BCUT2D eigenvalue weighted by molar-refractivity contribution is -0.0216. The summed E-state index contributed by atoms with van der Waals surface area (Å²) in [5, 5.41) is 0.586. The first-order valence-electron chi connectivity index (χ1n) is 4.48. The van der Waals surface area contributed by atoms with Gasteiger partial charge < -0.3 is 10.5 Å². The lowest BCUT2D eigenvalue weighted by Gasteiger charge is -2.16. The fraction of sp³-hybridized carbons (Fsp3) is 0.400. The molecule has 0 bridgehead atoms. The van der Waals surface area contributed by atoms with E-state index in [0.717, 1.165) is 5.56 Å². The molecular weight excluding hydrogens is 224 g/mol. The molecule has 1 aromatic carbocycles. The first-order valence-corrected chi connectivity index (χ1v) is 4.86. The average Bonchev–Trinajstić information content (AvgIpc) is 2.21. The van der Waals surface area contributed by atoms with Crippen molar-refractivity contribution < 1.29 is 13.5 Å². The van der Waals surface area contributed by atoms with Crippen molar-refractivity contribution in [3.8, 4) is 0 Å². The molecule has 2 N–H and O–H groups in total. The van der Waals surface area contributed by atoms with Gasteiger partial charge in [0.1, 0.15) is 6.61 Å². The van der Waals surface area contributed by atoms with Gasteiger partial charge in [0, 0.05) is 11.6 Å². The number of halogens is 3. The van der Waals surface area contributed by atoms with Gasteiger partial charge in [-0.2, -0.15) is 0 Å². The number of nitrogens with two attached hydrogens (primary N) is 1. The molecule has 2 nitrogen and oxygen atoms in total. The summed E-state index contributed by atoms with van der Waals surface area (Å²) in [4.78, 5) is 0. The van der Waals surface area contributed by atoms with Gasteiger partial charge in [-0.25, -0.2) is 8.78 Å². The Morgan fingerprint density at radius 2 is 1.87 bits per heavy atom. The number of ether oxygens (including phenoxy) is 1. The van der Waals surface area contributed by atoms with Crippen molar-refractivity contribution >= 4 is 11.6 Å². The molecule has 0 heterocycles. The van der Waals surface area contributed by atoms with E-state index in [-0.39, 0.29) is 6.54 Å². The van der Waals surface area contributed by atoms with E-state index >= 15 is 0 Å². The van der Waals surface area contributed by atoms with Gasteiger partial charge in [0.25, 0.3) is 6.43 Å². The third kappa shape index (κ3) is 4.11. The van der Waals surface area contributed by atoms with Gasteiger partial charge in [0.05, 0.1) is 6.10 Å². The summed E-state index contributed by atoms with van der Waals surface area (Å²) < 4.78 is 28.8. The van der Waals surface area contributed by atoms with Crippen molar-refractivity contribution in [1.82, 2.24) is 0 Å². The van der Waals surface area contributed by atoms with Crippen LogP contribution in [0.3, 0.4) is 0 Å². The number of hydrogen-bond donors (Lipinski definition) is 1. The molecule has 0 aliphatic heterocycles. The van der Waals surface area contributed by atoms with E-state index < -0.39 is 19.1 Å². The highest BCUT2D eigenvalue weighted by molar-refractivity contribution is 6.30. The summed E-state index contributed by atoms with van der Waals surface area (Å²) in [6.45, 7) is -0.446. The second-order valence-electron chi connectivity index (χ2n) is 3.00. The van der Waals surface area contributed by atoms with Gasteiger partial charge in [-0.15, -0.1) is 0 Å². The highest BCUT2D eigenvalue weighted by atomic mass is 35.5. The topological polar surface area (TPSA) is 35.2 Å². The third-order valence-electron chi connectivity index (χ3n) is 1.88. The Kier molecular flexibility index (Phi) is 4.94. The lowest BCUT2D eigenvalue weighted by atomic mass is 10.1. The smallest absolute Gasteiger partial charge is 0.261 e. The molecule has 0 amide bonds. The fourth-order valence-corrected chi connectivity index (χ4v) is 1.29. The van der Waals surface area contributed by atoms with Crippen LogP contribution in [0.1, 0.15) is 11.7 Å². The van der Waals surface area contributed by atoms with Crippen LogP contribution in [0.25, 0.3) is 0 Å². The van der Waals surface area contributed by atoms with Crippen molar-refractivity contribution in [3.63, 3.8) is 0 Å². The maximum atomic E-state index is 11.9. The Morgan fingerprint density at radius 3 is 2.33 bits per heavy atom.